The van der Waals surface area contributed by atoms with E-state index in [1.807, 2.05) is 13.0 Å². The van der Waals surface area contributed by atoms with Crippen LogP contribution in [0, 0.1) is 30.1 Å². The fraction of sp³-hybridized carbons (Fsp3) is 0.684. The smallest absolute Gasteiger partial charge is 0.291 e. The summed E-state index contributed by atoms with van der Waals surface area (Å²) in [5, 5.41) is 7.57. The van der Waals surface area contributed by atoms with Crippen molar-refractivity contribution in [1.29, 1.82) is 0 Å². The highest BCUT2D eigenvalue weighted by atomic mass is 16.2. The zero-order chi connectivity index (χ0) is 17.2. The highest BCUT2D eigenvalue weighted by Crippen LogP contribution is 2.61. The summed E-state index contributed by atoms with van der Waals surface area (Å²) in [6.45, 7) is 4.12. The Morgan fingerprint density at radius 1 is 1.24 bits per heavy atom. The van der Waals surface area contributed by atoms with Gasteiger partial charge in [-0.15, -0.1) is 5.10 Å². The predicted octanol–water partition coefficient (Wildman–Crippen LogP) is 2.77. The van der Waals surface area contributed by atoms with Crippen LogP contribution in [-0.4, -0.2) is 31.5 Å². The number of hydrogen-bond donors (Lipinski definition) is 1. The first kappa shape index (κ1) is 15.3. The lowest BCUT2D eigenvalue weighted by molar-refractivity contribution is -0.0688. The molecule has 0 aliphatic heterocycles. The summed E-state index contributed by atoms with van der Waals surface area (Å²) in [5.74, 6) is 3.17. The van der Waals surface area contributed by atoms with E-state index in [4.69, 9.17) is 0 Å². The molecule has 6 heteroatoms. The van der Waals surface area contributed by atoms with E-state index >= 15 is 0 Å². The molecular weight excluding hydrogens is 314 g/mol. The van der Waals surface area contributed by atoms with Gasteiger partial charge in [0, 0.05) is 17.9 Å². The molecule has 6 rings (SSSR count). The normalized spacial score (nSPS) is 34.4. The van der Waals surface area contributed by atoms with Crippen LogP contribution in [0.2, 0.25) is 0 Å². The van der Waals surface area contributed by atoms with Crippen LogP contribution in [0.15, 0.2) is 12.3 Å². The lowest BCUT2D eigenvalue weighted by Crippen LogP contribution is -2.55. The maximum Gasteiger partial charge on any atom is 0.291 e. The quantitative estimate of drug-likeness (QED) is 0.933. The van der Waals surface area contributed by atoms with Crippen LogP contribution in [0.1, 0.15) is 61.8 Å². The number of carbonyl (C=O) groups excluding carboxylic acids is 1. The van der Waals surface area contributed by atoms with E-state index in [1.165, 1.54) is 38.5 Å². The van der Waals surface area contributed by atoms with Gasteiger partial charge < -0.3 is 5.32 Å². The number of hydrogen-bond acceptors (Lipinski definition) is 4. The molecule has 0 saturated heterocycles. The van der Waals surface area contributed by atoms with E-state index in [0.717, 1.165) is 23.4 Å². The van der Waals surface area contributed by atoms with Crippen LogP contribution in [0.4, 0.5) is 0 Å². The van der Waals surface area contributed by atoms with Crippen molar-refractivity contribution in [1.82, 2.24) is 24.9 Å². The van der Waals surface area contributed by atoms with Crippen molar-refractivity contribution in [3.8, 4) is 0 Å². The molecular formula is C19H25N5O. The van der Waals surface area contributed by atoms with Crippen molar-refractivity contribution >= 4 is 11.7 Å². The monoisotopic (exact) mass is 339 g/mol. The van der Waals surface area contributed by atoms with Crippen molar-refractivity contribution < 1.29 is 4.79 Å². The van der Waals surface area contributed by atoms with Crippen molar-refractivity contribution in [3.63, 3.8) is 0 Å². The Balaban J connectivity index is 1.37. The molecule has 132 valence electrons. The lowest BCUT2D eigenvalue weighted by Gasteiger charge is -2.59. The molecule has 1 N–H and O–H groups in total. The van der Waals surface area contributed by atoms with Crippen LogP contribution in [0.3, 0.4) is 0 Å². The van der Waals surface area contributed by atoms with Gasteiger partial charge in [-0.25, -0.2) is 9.50 Å². The largest absolute Gasteiger partial charge is 0.346 e. The number of nitrogens with one attached hydrogen (secondary N) is 1. The van der Waals surface area contributed by atoms with Crippen LogP contribution in [-0.2, 0) is 0 Å². The molecule has 1 unspecified atom stereocenters. The Morgan fingerprint density at radius 2 is 1.88 bits per heavy atom. The molecule has 0 radical (unpaired) electrons. The average molecular weight is 339 g/mol. The summed E-state index contributed by atoms with van der Waals surface area (Å²) in [5.41, 5.74) is 1.21. The maximum atomic E-state index is 12.8. The molecule has 1 atom stereocenters. The third kappa shape index (κ3) is 2.37. The standard InChI is InChI=1S/C19H25N5O/c1-11-3-4-20-18-22-16(23-24(11)18)17(25)21-12(2)19-8-13-5-14(9-19)7-15(6-13)10-19/h3-4,12-15H,5-10H2,1-2H3,(H,21,25). The minimum Gasteiger partial charge on any atom is -0.346 e. The molecule has 25 heavy (non-hydrogen) atoms. The van der Waals surface area contributed by atoms with Crippen LogP contribution < -0.4 is 5.32 Å². The number of fused-ring (bicyclic) bond motifs is 1. The summed E-state index contributed by atoms with van der Waals surface area (Å²) in [4.78, 5) is 21.2. The Kier molecular flexibility index (Phi) is 3.21. The molecule has 6 nitrogen and oxygen atoms in total. The highest BCUT2D eigenvalue weighted by Gasteiger charge is 2.53. The fourth-order valence-electron chi connectivity index (χ4n) is 6.12. The van der Waals surface area contributed by atoms with Gasteiger partial charge in [0.25, 0.3) is 11.7 Å². The zero-order valence-electron chi connectivity index (χ0n) is 14.9. The van der Waals surface area contributed by atoms with E-state index in [1.54, 1.807) is 10.7 Å². The first-order chi connectivity index (χ1) is 12.0. The second-order valence-corrected chi connectivity index (χ2v) is 8.71. The summed E-state index contributed by atoms with van der Waals surface area (Å²) in [6, 6.07) is 2.04. The first-order valence-corrected chi connectivity index (χ1v) is 9.52. The number of nitrogens with zero attached hydrogens (tertiary/aromatic N) is 4. The molecule has 4 bridgehead atoms. The van der Waals surface area contributed by atoms with Crippen molar-refractivity contribution in [3.05, 3.63) is 23.8 Å². The maximum absolute atomic E-state index is 12.8. The van der Waals surface area contributed by atoms with E-state index in [0.29, 0.717) is 5.78 Å². The molecule has 0 aromatic carbocycles. The zero-order valence-corrected chi connectivity index (χ0v) is 14.9. The number of aromatic nitrogens is 4. The molecule has 2 aromatic heterocycles. The topological polar surface area (TPSA) is 72.2 Å². The van der Waals surface area contributed by atoms with Gasteiger partial charge in [-0.3, -0.25) is 4.79 Å². The predicted molar refractivity (Wildman–Crippen MR) is 93.1 cm³/mol. The van der Waals surface area contributed by atoms with Gasteiger partial charge in [-0.05, 0) is 81.6 Å². The van der Waals surface area contributed by atoms with Gasteiger partial charge in [0.15, 0.2) is 0 Å². The molecule has 2 heterocycles. The first-order valence-electron chi connectivity index (χ1n) is 9.52. The Morgan fingerprint density at radius 3 is 2.48 bits per heavy atom. The van der Waals surface area contributed by atoms with Gasteiger partial charge in [0.05, 0.1) is 0 Å². The second-order valence-electron chi connectivity index (χ2n) is 8.71. The van der Waals surface area contributed by atoms with Crippen LogP contribution in [0.5, 0.6) is 0 Å². The molecule has 4 aliphatic carbocycles. The summed E-state index contributed by atoms with van der Waals surface area (Å²) in [6.07, 6.45) is 9.77. The SMILES string of the molecule is Cc1ccnc2nc(C(=O)NC(C)C34CC5CC(CC(C5)C3)C4)nn12. The third-order valence-corrected chi connectivity index (χ3v) is 6.98. The molecule has 1 amide bonds. The number of rotatable bonds is 3. The minimum atomic E-state index is -0.173. The van der Waals surface area contributed by atoms with Gasteiger partial charge in [-0.2, -0.15) is 4.98 Å². The van der Waals surface area contributed by atoms with E-state index in [2.05, 4.69) is 27.3 Å². The van der Waals surface area contributed by atoms with Crippen molar-refractivity contribution in [2.45, 2.75) is 58.4 Å². The molecule has 4 fully saturated rings. The van der Waals surface area contributed by atoms with Gasteiger partial charge in [-0.1, -0.05) is 0 Å². The highest BCUT2D eigenvalue weighted by molar-refractivity contribution is 5.91. The number of carbonyl (C=O) groups is 1. The van der Waals surface area contributed by atoms with Gasteiger partial charge >= 0.3 is 0 Å². The van der Waals surface area contributed by atoms with Crippen LogP contribution in [0.25, 0.3) is 5.78 Å². The summed E-state index contributed by atoms with van der Waals surface area (Å²) < 4.78 is 1.63. The summed E-state index contributed by atoms with van der Waals surface area (Å²) in [7, 11) is 0. The number of aryl methyl sites for hydroxylation is 1. The van der Waals surface area contributed by atoms with Crippen LogP contribution >= 0.6 is 0 Å². The lowest BCUT2D eigenvalue weighted by atomic mass is 9.48. The van der Waals surface area contributed by atoms with E-state index in [9.17, 15) is 4.79 Å². The van der Waals surface area contributed by atoms with Gasteiger partial charge in [0.1, 0.15) is 0 Å². The van der Waals surface area contributed by atoms with Crippen molar-refractivity contribution in [2.75, 3.05) is 0 Å². The average Bonchev–Trinajstić information content (AvgIpc) is 2.99. The Bertz CT molecular complexity index is 806. The van der Waals surface area contributed by atoms with Gasteiger partial charge in [0.2, 0.25) is 5.82 Å². The molecule has 0 spiro atoms. The number of amides is 1. The summed E-state index contributed by atoms with van der Waals surface area (Å²) >= 11 is 0. The second kappa shape index (κ2) is 5.26. The van der Waals surface area contributed by atoms with Crippen molar-refractivity contribution in [2.24, 2.45) is 23.2 Å². The van der Waals surface area contributed by atoms with E-state index < -0.39 is 0 Å². The Labute approximate surface area is 147 Å². The molecule has 2 aromatic rings. The fourth-order valence-corrected chi connectivity index (χ4v) is 6.12. The molecule has 4 aliphatic rings. The Hall–Kier alpha value is -1.98. The van der Waals surface area contributed by atoms with E-state index in [-0.39, 0.29) is 23.2 Å². The molecule has 4 saturated carbocycles. The third-order valence-electron chi connectivity index (χ3n) is 6.98. The minimum absolute atomic E-state index is 0.173.